The Morgan fingerprint density at radius 3 is 2.84 bits per heavy atom. The second kappa shape index (κ2) is 5.01. The van der Waals surface area contributed by atoms with E-state index in [1.165, 1.54) is 13.3 Å². The zero-order valence-corrected chi connectivity index (χ0v) is 10.7. The first-order chi connectivity index (χ1) is 8.99. The summed E-state index contributed by atoms with van der Waals surface area (Å²) in [6.45, 7) is 3.44. The summed E-state index contributed by atoms with van der Waals surface area (Å²) >= 11 is 0. The van der Waals surface area contributed by atoms with Gasteiger partial charge in [-0.1, -0.05) is 0 Å². The first-order valence-electron chi connectivity index (χ1n) is 5.53. The standard InChI is InChI=1S/C11H13FN6O/c1-6-4-9(15-14-6)11(19)16-13-5-8-7(2)17-18(3)10(8)12/h4-5H,1-3H3,(H,14,15)(H,16,19). The number of aryl methyl sites for hydroxylation is 3. The van der Waals surface area contributed by atoms with Crippen LogP contribution < -0.4 is 5.43 Å². The van der Waals surface area contributed by atoms with Gasteiger partial charge in [0.25, 0.3) is 5.91 Å². The largest absolute Gasteiger partial charge is 0.291 e. The fraction of sp³-hybridized carbons (Fsp3) is 0.273. The molecule has 0 spiro atoms. The molecule has 0 unspecified atom stereocenters. The number of H-pyrrole nitrogens is 1. The number of hydrogen-bond acceptors (Lipinski definition) is 4. The van der Waals surface area contributed by atoms with E-state index in [1.807, 2.05) is 0 Å². The molecule has 0 radical (unpaired) electrons. The number of hydrogen-bond donors (Lipinski definition) is 2. The fourth-order valence-electron chi connectivity index (χ4n) is 1.54. The lowest BCUT2D eigenvalue weighted by atomic mass is 10.3. The average Bonchev–Trinajstić information content (AvgIpc) is 2.88. The number of rotatable bonds is 3. The van der Waals surface area contributed by atoms with Crippen LogP contribution in [0.4, 0.5) is 4.39 Å². The third-order valence-electron chi connectivity index (χ3n) is 2.49. The van der Waals surface area contributed by atoms with E-state index < -0.39 is 11.9 Å². The van der Waals surface area contributed by atoms with Gasteiger partial charge in [-0.05, 0) is 19.9 Å². The van der Waals surface area contributed by atoms with Gasteiger partial charge in [-0.3, -0.25) is 9.89 Å². The smallest absolute Gasteiger partial charge is 0.282 e. The Bertz CT molecular complexity index is 642. The number of carbonyl (C=O) groups excluding carboxylic acids is 1. The minimum absolute atomic E-state index is 0.220. The number of amides is 1. The molecule has 2 heterocycles. The molecule has 0 saturated carbocycles. The van der Waals surface area contributed by atoms with Crippen LogP contribution in [0, 0.1) is 19.8 Å². The van der Waals surface area contributed by atoms with Gasteiger partial charge in [0, 0.05) is 12.7 Å². The van der Waals surface area contributed by atoms with E-state index in [4.69, 9.17) is 0 Å². The first kappa shape index (κ1) is 12.9. The predicted octanol–water partition coefficient (Wildman–Crippen LogP) is 0.663. The van der Waals surface area contributed by atoms with Crippen molar-refractivity contribution in [2.75, 3.05) is 0 Å². The van der Waals surface area contributed by atoms with Gasteiger partial charge in [0.2, 0.25) is 5.95 Å². The zero-order valence-electron chi connectivity index (χ0n) is 10.7. The Hall–Kier alpha value is -2.51. The first-order valence-corrected chi connectivity index (χ1v) is 5.53. The van der Waals surface area contributed by atoms with Crippen molar-refractivity contribution in [1.29, 1.82) is 0 Å². The SMILES string of the molecule is Cc1cc(C(=O)NN=Cc2c(C)nn(C)c2F)n[nH]1. The minimum atomic E-state index is -0.508. The number of aromatic amines is 1. The van der Waals surface area contributed by atoms with Gasteiger partial charge in [-0.25, -0.2) is 10.1 Å². The maximum absolute atomic E-state index is 13.6. The molecule has 0 bridgehead atoms. The summed E-state index contributed by atoms with van der Waals surface area (Å²) in [6.07, 6.45) is 1.22. The number of halogens is 1. The highest BCUT2D eigenvalue weighted by atomic mass is 19.1. The molecule has 0 aliphatic heterocycles. The van der Waals surface area contributed by atoms with E-state index >= 15 is 0 Å². The molecule has 2 N–H and O–H groups in total. The molecule has 100 valence electrons. The Morgan fingerprint density at radius 1 is 1.58 bits per heavy atom. The number of nitrogens with zero attached hydrogens (tertiary/aromatic N) is 4. The quantitative estimate of drug-likeness (QED) is 0.630. The van der Waals surface area contributed by atoms with Crippen LogP contribution in [-0.4, -0.2) is 32.1 Å². The molecule has 2 aromatic rings. The van der Waals surface area contributed by atoms with Gasteiger partial charge in [0.05, 0.1) is 17.5 Å². The molecule has 1 amide bonds. The minimum Gasteiger partial charge on any atom is -0.282 e. The molecule has 2 aromatic heterocycles. The van der Waals surface area contributed by atoms with Crippen molar-refractivity contribution < 1.29 is 9.18 Å². The van der Waals surface area contributed by atoms with Gasteiger partial charge in [0.15, 0.2) is 5.69 Å². The van der Waals surface area contributed by atoms with Crippen molar-refractivity contribution in [3.05, 3.63) is 34.7 Å². The highest BCUT2D eigenvalue weighted by Gasteiger charge is 2.11. The summed E-state index contributed by atoms with van der Waals surface area (Å²) in [5, 5.41) is 14.0. The molecule has 8 heteroatoms. The molecule has 0 atom stereocenters. The van der Waals surface area contributed by atoms with Gasteiger partial charge in [-0.15, -0.1) is 0 Å². The monoisotopic (exact) mass is 264 g/mol. The Labute approximate surface area is 108 Å². The number of nitrogens with one attached hydrogen (secondary N) is 2. The van der Waals surface area contributed by atoms with E-state index in [0.717, 1.165) is 10.4 Å². The Morgan fingerprint density at radius 2 is 2.32 bits per heavy atom. The van der Waals surface area contributed by atoms with Crippen LogP contribution >= 0.6 is 0 Å². The maximum atomic E-state index is 13.6. The molecule has 19 heavy (non-hydrogen) atoms. The average molecular weight is 264 g/mol. The summed E-state index contributed by atoms with van der Waals surface area (Å²) in [7, 11) is 1.49. The number of carbonyl (C=O) groups is 1. The topological polar surface area (TPSA) is 88.0 Å². The second-order valence-electron chi connectivity index (χ2n) is 4.05. The van der Waals surface area contributed by atoms with E-state index in [2.05, 4.69) is 25.8 Å². The highest BCUT2D eigenvalue weighted by Crippen LogP contribution is 2.07. The second-order valence-corrected chi connectivity index (χ2v) is 4.05. The summed E-state index contributed by atoms with van der Waals surface area (Å²) in [5.41, 5.74) is 3.99. The van der Waals surface area contributed by atoms with Gasteiger partial charge >= 0.3 is 0 Å². The van der Waals surface area contributed by atoms with E-state index in [-0.39, 0.29) is 11.3 Å². The van der Waals surface area contributed by atoms with E-state index in [9.17, 15) is 9.18 Å². The highest BCUT2D eigenvalue weighted by molar-refractivity contribution is 5.93. The van der Waals surface area contributed by atoms with Crippen molar-refractivity contribution in [1.82, 2.24) is 25.4 Å². The number of hydrazone groups is 1. The van der Waals surface area contributed by atoms with Crippen LogP contribution in [0.3, 0.4) is 0 Å². The van der Waals surface area contributed by atoms with Crippen LogP contribution in [-0.2, 0) is 7.05 Å². The normalized spacial score (nSPS) is 11.2. The third-order valence-corrected chi connectivity index (χ3v) is 2.49. The molecule has 0 fully saturated rings. The van der Waals surface area contributed by atoms with Crippen LogP contribution in [0.1, 0.15) is 27.4 Å². The molecular formula is C11H13FN6O. The lowest BCUT2D eigenvalue weighted by molar-refractivity contribution is 0.0950. The Kier molecular flexibility index (Phi) is 3.41. The Balaban J connectivity index is 2.06. The molecule has 7 nitrogen and oxygen atoms in total. The lowest BCUT2D eigenvalue weighted by Crippen LogP contribution is -2.18. The van der Waals surface area contributed by atoms with Crippen LogP contribution in [0.2, 0.25) is 0 Å². The van der Waals surface area contributed by atoms with Crippen molar-refractivity contribution >= 4 is 12.1 Å². The molecule has 0 aliphatic rings. The summed E-state index contributed by atoms with van der Waals surface area (Å²) in [6, 6.07) is 1.58. The van der Waals surface area contributed by atoms with E-state index in [0.29, 0.717) is 5.69 Å². The third kappa shape index (κ3) is 2.67. The van der Waals surface area contributed by atoms with Gasteiger partial charge < -0.3 is 0 Å². The lowest BCUT2D eigenvalue weighted by Gasteiger charge is -1.94. The van der Waals surface area contributed by atoms with Crippen LogP contribution in [0.25, 0.3) is 0 Å². The van der Waals surface area contributed by atoms with Gasteiger partial charge in [-0.2, -0.15) is 19.7 Å². The maximum Gasteiger partial charge on any atom is 0.291 e. The summed E-state index contributed by atoms with van der Waals surface area (Å²) < 4.78 is 14.7. The van der Waals surface area contributed by atoms with E-state index in [1.54, 1.807) is 19.9 Å². The van der Waals surface area contributed by atoms with Crippen molar-refractivity contribution in [2.24, 2.45) is 12.1 Å². The summed E-state index contributed by atoms with van der Waals surface area (Å²) in [4.78, 5) is 11.6. The molecule has 0 aromatic carbocycles. The molecule has 2 rings (SSSR count). The molecule has 0 aliphatic carbocycles. The van der Waals surface area contributed by atoms with Gasteiger partial charge in [0.1, 0.15) is 0 Å². The van der Waals surface area contributed by atoms with Crippen LogP contribution in [0.5, 0.6) is 0 Å². The van der Waals surface area contributed by atoms with Crippen LogP contribution in [0.15, 0.2) is 11.2 Å². The van der Waals surface area contributed by atoms with Crippen molar-refractivity contribution in [2.45, 2.75) is 13.8 Å². The summed E-state index contributed by atoms with van der Waals surface area (Å²) in [5.74, 6) is -0.978. The fourth-order valence-corrected chi connectivity index (χ4v) is 1.54. The molecular weight excluding hydrogens is 251 g/mol. The number of aromatic nitrogens is 4. The zero-order chi connectivity index (χ0) is 14.0. The predicted molar refractivity (Wildman–Crippen MR) is 66.3 cm³/mol. The van der Waals surface area contributed by atoms with Crippen molar-refractivity contribution in [3.8, 4) is 0 Å². The molecule has 0 saturated heterocycles. The van der Waals surface area contributed by atoms with Crippen molar-refractivity contribution in [3.63, 3.8) is 0 Å².